The maximum Gasteiger partial charge on any atom is 0.331 e. The monoisotopic (exact) mass is 203 g/mol. The quantitative estimate of drug-likeness (QED) is 0.391. The van der Waals surface area contributed by atoms with Gasteiger partial charge < -0.3 is 15.1 Å². The summed E-state index contributed by atoms with van der Waals surface area (Å²) in [5.41, 5.74) is -0.944. The van der Waals surface area contributed by atoms with Crippen molar-refractivity contribution in [2.24, 2.45) is 11.3 Å². The Balaban J connectivity index is 4.71. The highest BCUT2D eigenvalue weighted by molar-refractivity contribution is 5.76. The molecule has 4 N–H and O–H groups in total. The van der Waals surface area contributed by atoms with Gasteiger partial charge in [0.25, 0.3) is 0 Å². The molecule has 0 unspecified atom stereocenters. The molecule has 0 aliphatic rings. The molecule has 5 nitrogen and oxygen atoms in total. The molecule has 0 atom stereocenters. The van der Waals surface area contributed by atoms with Gasteiger partial charge >= 0.3 is 5.97 Å². The highest BCUT2D eigenvalue weighted by Gasteiger charge is 2.37. The fourth-order valence-corrected chi connectivity index (χ4v) is 1.45. The fourth-order valence-electron chi connectivity index (χ4n) is 1.45. The van der Waals surface area contributed by atoms with Crippen molar-refractivity contribution in [3.05, 3.63) is 12.7 Å². The lowest BCUT2D eigenvalue weighted by molar-refractivity contribution is -0.158. The van der Waals surface area contributed by atoms with Gasteiger partial charge in [-0.2, -0.15) is 5.90 Å². The lowest BCUT2D eigenvalue weighted by Crippen LogP contribution is -2.36. The van der Waals surface area contributed by atoms with Crippen LogP contribution < -0.4 is 5.90 Å². The van der Waals surface area contributed by atoms with E-state index in [1.165, 1.54) is 0 Å². The van der Waals surface area contributed by atoms with E-state index in [2.05, 4.69) is 11.4 Å². The zero-order valence-electron chi connectivity index (χ0n) is 8.11. The van der Waals surface area contributed by atoms with Crippen molar-refractivity contribution in [1.29, 1.82) is 0 Å². The van der Waals surface area contributed by atoms with Crippen LogP contribution in [0.25, 0.3) is 0 Å². The average Bonchev–Trinajstić information content (AvgIpc) is 2.17. The molecule has 0 saturated heterocycles. The molecule has 0 radical (unpaired) electrons. The van der Waals surface area contributed by atoms with Gasteiger partial charge in [-0.3, -0.25) is 0 Å². The number of hydrogen-bond acceptors (Lipinski definition) is 5. The number of aliphatic hydroxyl groups excluding tert-OH is 2. The zero-order chi connectivity index (χ0) is 11.0. The number of hydrogen-bond donors (Lipinski definition) is 3. The lowest BCUT2D eigenvalue weighted by Gasteiger charge is -2.27. The van der Waals surface area contributed by atoms with Crippen LogP contribution in [0.2, 0.25) is 0 Å². The predicted molar refractivity (Wildman–Crippen MR) is 50.9 cm³/mol. The van der Waals surface area contributed by atoms with Crippen LogP contribution in [-0.4, -0.2) is 29.4 Å². The number of carbonyl (C=O) groups excluding carboxylic acids is 1. The van der Waals surface area contributed by atoms with Crippen molar-refractivity contribution in [1.82, 2.24) is 0 Å². The Hall–Kier alpha value is -0.910. The van der Waals surface area contributed by atoms with Gasteiger partial charge in [0.05, 0.1) is 5.41 Å². The van der Waals surface area contributed by atoms with Gasteiger partial charge in [-0.15, -0.1) is 6.58 Å². The molecular weight excluding hydrogens is 186 g/mol. The summed E-state index contributed by atoms with van der Waals surface area (Å²) in [5, 5.41) is 17.7. The van der Waals surface area contributed by atoms with Crippen LogP contribution in [0.15, 0.2) is 12.7 Å². The van der Waals surface area contributed by atoms with Gasteiger partial charge in [0, 0.05) is 13.2 Å². The topological polar surface area (TPSA) is 92.8 Å². The number of rotatable bonds is 7. The van der Waals surface area contributed by atoms with E-state index < -0.39 is 11.4 Å². The molecule has 0 aromatic rings. The first-order valence-corrected chi connectivity index (χ1v) is 4.40. The van der Waals surface area contributed by atoms with Gasteiger partial charge in [-0.05, 0) is 19.3 Å². The van der Waals surface area contributed by atoms with Gasteiger partial charge in [-0.1, -0.05) is 6.08 Å². The van der Waals surface area contributed by atoms with E-state index in [-0.39, 0.29) is 26.1 Å². The molecule has 0 aromatic carbocycles. The highest BCUT2D eigenvalue weighted by Crippen LogP contribution is 2.32. The summed E-state index contributed by atoms with van der Waals surface area (Å²) in [6.45, 7) is 3.19. The third-order valence-corrected chi connectivity index (χ3v) is 2.26. The Morgan fingerprint density at radius 2 is 1.93 bits per heavy atom. The summed E-state index contributed by atoms with van der Waals surface area (Å²) in [5.74, 6) is 4.18. The van der Waals surface area contributed by atoms with E-state index in [0.29, 0.717) is 6.42 Å². The molecule has 0 aliphatic carbocycles. The number of carbonyl (C=O) groups is 1. The SMILES string of the molecule is C=CCC(CCO)(CCO)C(=O)ON. The largest absolute Gasteiger partial charge is 0.396 e. The molecule has 82 valence electrons. The first-order valence-electron chi connectivity index (χ1n) is 4.40. The van der Waals surface area contributed by atoms with Crippen LogP contribution >= 0.6 is 0 Å². The Morgan fingerprint density at radius 3 is 2.21 bits per heavy atom. The third kappa shape index (κ3) is 3.10. The maximum atomic E-state index is 11.4. The van der Waals surface area contributed by atoms with Crippen molar-refractivity contribution in [2.45, 2.75) is 19.3 Å². The minimum Gasteiger partial charge on any atom is -0.396 e. The number of nitrogens with two attached hydrogens (primary N) is 1. The van der Waals surface area contributed by atoms with Crippen LogP contribution in [0.1, 0.15) is 19.3 Å². The van der Waals surface area contributed by atoms with E-state index in [4.69, 9.17) is 16.1 Å². The van der Waals surface area contributed by atoms with Gasteiger partial charge in [0.15, 0.2) is 0 Å². The molecule has 0 aromatic heterocycles. The Labute approximate surface area is 83.1 Å². The molecule has 0 aliphatic heterocycles. The van der Waals surface area contributed by atoms with Crippen molar-refractivity contribution >= 4 is 5.97 Å². The smallest absolute Gasteiger partial charge is 0.331 e. The highest BCUT2D eigenvalue weighted by atomic mass is 16.7. The van der Waals surface area contributed by atoms with Crippen LogP contribution in [0.4, 0.5) is 0 Å². The zero-order valence-corrected chi connectivity index (χ0v) is 8.11. The van der Waals surface area contributed by atoms with Crippen LogP contribution in [-0.2, 0) is 9.63 Å². The number of allylic oxidation sites excluding steroid dienone is 1. The molecule has 0 fully saturated rings. The van der Waals surface area contributed by atoms with Crippen molar-refractivity contribution in [3.8, 4) is 0 Å². The summed E-state index contributed by atoms with van der Waals surface area (Å²) in [4.78, 5) is 15.6. The maximum absolute atomic E-state index is 11.4. The second-order valence-electron chi connectivity index (χ2n) is 3.13. The first-order chi connectivity index (χ1) is 6.66. The molecule has 0 spiro atoms. The summed E-state index contributed by atoms with van der Waals surface area (Å²) >= 11 is 0. The summed E-state index contributed by atoms with van der Waals surface area (Å²) in [7, 11) is 0. The minimum absolute atomic E-state index is 0.164. The molecule has 0 rings (SSSR count). The second kappa shape index (κ2) is 6.53. The van der Waals surface area contributed by atoms with Crippen molar-refractivity contribution < 1.29 is 19.8 Å². The Kier molecular flexibility index (Phi) is 6.11. The molecule has 0 amide bonds. The van der Waals surface area contributed by atoms with Gasteiger partial charge in [0.2, 0.25) is 0 Å². The summed E-state index contributed by atoms with van der Waals surface area (Å²) < 4.78 is 0. The first kappa shape index (κ1) is 13.1. The van der Waals surface area contributed by atoms with E-state index >= 15 is 0 Å². The number of aliphatic hydroxyl groups is 2. The van der Waals surface area contributed by atoms with Crippen LogP contribution in [0, 0.1) is 5.41 Å². The van der Waals surface area contributed by atoms with Gasteiger partial charge in [-0.25, -0.2) is 4.79 Å². The Morgan fingerprint density at radius 1 is 1.43 bits per heavy atom. The van der Waals surface area contributed by atoms with E-state index in [1.54, 1.807) is 6.08 Å². The standard InChI is InChI=1S/C9H17NO4/c1-2-3-9(4-6-11,5-7-12)8(13)14-10/h2,11-12H,1,3-7,10H2. The summed E-state index contributed by atoms with van der Waals surface area (Å²) in [6.07, 6.45) is 2.28. The molecule has 0 bridgehead atoms. The predicted octanol–water partition coefficient (Wildman–Crippen LogP) is -0.269. The van der Waals surface area contributed by atoms with E-state index in [0.717, 1.165) is 0 Å². The average molecular weight is 203 g/mol. The fraction of sp³-hybridized carbons (Fsp3) is 0.667. The van der Waals surface area contributed by atoms with Crippen molar-refractivity contribution in [2.75, 3.05) is 13.2 Å². The molecule has 0 heterocycles. The van der Waals surface area contributed by atoms with Crippen LogP contribution in [0.3, 0.4) is 0 Å². The lowest BCUT2D eigenvalue weighted by atomic mass is 9.78. The third-order valence-electron chi connectivity index (χ3n) is 2.26. The van der Waals surface area contributed by atoms with Gasteiger partial charge in [0.1, 0.15) is 0 Å². The Bertz CT molecular complexity index is 187. The summed E-state index contributed by atoms with van der Waals surface area (Å²) in [6, 6.07) is 0. The normalized spacial score (nSPS) is 11.1. The second-order valence-corrected chi connectivity index (χ2v) is 3.13. The van der Waals surface area contributed by atoms with Crippen molar-refractivity contribution in [3.63, 3.8) is 0 Å². The molecule has 5 heteroatoms. The van der Waals surface area contributed by atoms with Crippen LogP contribution in [0.5, 0.6) is 0 Å². The van der Waals surface area contributed by atoms with E-state index in [1.807, 2.05) is 0 Å². The minimum atomic E-state index is -0.944. The molecule has 14 heavy (non-hydrogen) atoms. The van der Waals surface area contributed by atoms with E-state index in [9.17, 15) is 4.79 Å². The molecule has 0 saturated carbocycles. The molecular formula is C9H17NO4.